The number of carbonyl (C=O) groups excluding carboxylic acids is 1. The minimum absolute atomic E-state index is 0.00382. The van der Waals surface area contributed by atoms with E-state index in [2.05, 4.69) is 29.8 Å². The summed E-state index contributed by atoms with van der Waals surface area (Å²) in [4.78, 5) is 18.5. The Morgan fingerprint density at radius 3 is 2.67 bits per heavy atom. The first-order chi connectivity index (χ1) is 13.3. The van der Waals surface area contributed by atoms with Crippen LogP contribution in [0.1, 0.15) is 30.3 Å². The highest BCUT2D eigenvalue weighted by Gasteiger charge is 2.18. The maximum atomic E-state index is 12.5. The van der Waals surface area contributed by atoms with Crippen molar-refractivity contribution in [1.29, 1.82) is 0 Å². The summed E-state index contributed by atoms with van der Waals surface area (Å²) in [5, 5.41) is 4.23. The first-order valence-electron chi connectivity index (χ1n) is 9.08. The number of hydrogen-bond donors (Lipinski definition) is 1. The molecule has 6 heteroatoms. The lowest BCUT2D eigenvalue weighted by Crippen LogP contribution is -2.28. The van der Waals surface area contributed by atoms with Crippen molar-refractivity contribution in [3.8, 4) is 0 Å². The first kappa shape index (κ1) is 20.2. The second-order valence-corrected chi connectivity index (χ2v) is 9.40. The zero-order valence-corrected chi connectivity index (χ0v) is 17.8. The van der Waals surface area contributed by atoms with Gasteiger partial charge in [0.1, 0.15) is 5.01 Å². The number of para-hydroxylation sites is 1. The Morgan fingerprint density at radius 2 is 1.89 bits per heavy atom. The molecule has 1 N–H and O–H groups in total. The molecule has 1 aromatic heterocycles. The molecule has 0 aliphatic carbocycles. The number of aromatic nitrogens is 1. The standard InChI is InChI=1S/C21H24N2OS3/c1-25-15-13-18(21-23-17-10-5-6-11-19(17)27-21)22-20(24)12-7-14-26-16-8-3-2-4-9-16/h2-6,8-11,18H,7,12-15H2,1H3,(H,22,24)/t18-/m1/s1. The monoisotopic (exact) mass is 416 g/mol. The van der Waals surface area contributed by atoms with Crippen LogP contribution in [0.3, 0.4) is 0 Å². The van der Waals surface area contributed by atoms with Crippen LogP contribution in [-0.4, -0.2) is 28.7 Å². The Balaban J connectivity index is 1.53. The van der Waals surface area contributed by atoms with Gasteiger partial charge in [0.2, 0.25) is 5.91 Å². The molecule has 0 spiro atoms. The molecule has 0 bridgehead atoms. The lowest BCUT2D eigenvalue weighted by atomic mass is 10.2. The molecule has 0 radical (unpaired) electrons. The molecule has 0 aliphatic heterocycles. The average molecular weight is 417 g/mol. The topological polar surface area (TPSA) is 42.0 Å². The van der Waals surface area contributed by atoms with E-state index in [9.17, 15) is 4.79 Å². The highest BCUT2D eigenvalue weighted by atomic mass is 32.2. The van der Waals surface area contributed by atoms with E-state index in [-0.39, 0.29) is 11.9 Å². The molecular formula is C21H24N2OS3. The van der Waals surface area contributed by atoms with E-state index in [0.717, 1.165) is 34.9 Å². The molecule has 1 heterocycles. The molecule has 3 rings (SSSR count). The summed E-state index contributed by atoms with van der Waals surface area (Å²) in [5.74, 6) is 2.08. The summed E-state index contributed by atoms with van der Waals surface area (Å²) in [5.41, 5.74) is 1.01. The van der Waals surface area contributed by atoms with Crippen LogP contribution in [0.25, 0.3) is 10.2 Å². The van der Waals surface area contributed by atoms with E-state index >= 15 is 0 Å². The number of hydrogen-bond acceptors (Lipinski definition) is 5. The van der Waals surface area contributed by atoms with Crippen molar-refractivity contribution in [3.05, 3.63) is 59.6 Å². The lowest BCUT2D eigenvalue weighted by Gasteiger charge is -2.16. The number of amides is 1. The van der Waals surface area contributed by atoms with Gasteiger partial charge in [0, 0.05) is 11.3 Å². The molecule has 3 aromatic rings. The van der Waals surface area contributed by atoms with Gasteiger partial charge in [-0.15, -0.1) is 23.1 Å². The van der Waals surface area contributed by atoms with Gasteiger partial charge >= 0.3 is 0 Å². The number of thiazole rings is 1. The van der Waals surface area contributed by atoms with Gasteiger partial charge in [-0.2, -0.15) is 11.8 Å². The Bertz CT molecular complexity index is 818. The van der Waals surface area contributed by atoms with Crippen LogP contribution < -0.4 is 5.32 Å². The summed E-state index contributed by atoms with van der Waals surface area (Å²) in [7, 11) is 0. The third-order valence-corrected chi connectivity index (χ3v) is 7.01. The molecule has 0 unspecified atom stereocenters. The van der Waals surface area contributed by atoms with Gasteiger partial charge in [-0.1, -0.05) is 30.3 Å². The number of benzene rings is 2. The number of rotatable bonds is 10. The predicted octanol–water partition coefficient (Wildman–Crippen LogP) is 5.78. The van der Waals surface area contributed by atoms with Crippen LogP contribution in [0.15, 0.2) is 59.5 Å². The Morgan fingerprint density at radius 1 is 1.11 bits per heavy atom. The van der Waals surface area contributed by atoms with Crippen LogP contribution >= 0.6 is 34.9 Å². The van der Waals surface area contributed by atoms with Crippen molar-refractivity contribution in [3.63, 3.8) is 0 Å². The number of nitrogens with zero attached hydrogens (tertiary/aromatic N) is 1. The second-order valence-electron chi connectivity index (χ2n) is 6.19. The zero-order valence-electron chi connectivity index (χ0n) is 15.4. The van der Waals surface area contributed by atoms with E-state index < -0.39 is 0 Å². The van der Waals surface area contributed by atoms with Crippen molar-refractivity contribution < 1.29 is 4.79 Å². The number of fused-ring (bicyclic) bond motifs is 1. The van der Waals surface area contributed by atoms with E-state index in [1.807, 2.05) is 36.4 Å². The van der Waals surface area contributed by atoms with Crippen molar-refractivity contribution in [1.82, 2.24) is 10.3 Å². The maximum Gasteiger partial charge on any atom is 0.220 e. The summed E-state index contributed by atoms with van der Waals surface area (Å²) < 4.78 is 1.18. The quantitative estimate of drug-likeness (QED) is 0.336. The summed E-state index contributed by atoms with van der Waals surface area (Å²) in [6.45, 7) is 0. The van der Waals surface area contributed by atoms with Gasteiger partial charge in [0.25, 0.3) is 0 Å². The molecule has 0 aliphatic rings. The predicted molar refractivity (Wildman–Crippen MR) is 120 cm³/mol. The van der Waals surface area contributed by atoms with Crippen molar-refractivity contribution in [2.24, 2.45) is 0 Å². The van der Waals surface area contributed by atoms with Crippen molar-refractivity contribution >= 4 is 51.0 Å². The first-order valence-corrected chi connectivity index (χ1v) is 12.3. The molecule has 1 amide bonds. The Labute approximate surface area is 173 Å². The fourth-order valence-electron chi connectivity index (χ4n) is 2.74. The highest BCUT2D eigenvalue weighted by Crippen LogP contribution is 2.29. The number of thioether (sulfide) groups is 2. The molecule has 1 atom stereocenters. The third kappa shape index (κ3) is 6.26. The van der Waals surface area contributed by atoms with E-state index in [4.69, 9.17) is 4.98 Å². The van der Waals surface area contributed by atoms with Gasteiger partial charge < -0.3 is 5.32 Å². The lowest BCUT2D eigenvalue weighted by molar-refractivity contribution is -0.121. The van der Waals surface area contributed by atoms with Crippen molar-refractivity contribution in [2.75, 3.05) is 17.8 Å². The smallest absolute Gasteiger partial charge is 0.220 e. The second kappa shape index (κ2) is 10.7. The Hall–Kier alpha value is -1.50. The zero-order chi connectivity index (χ0) is 18.9. The van der Waals surface area contributed by atoms with Crippen molar-refractivity contribution in [2.45, 2.75) is 30.2 Å². The maximum absolute atomic E-state index is 12.5. The Kier molecular flexibility index (Phi) is 8.05. The molecule has 0 fully saturated rings. The fourth-order valence-corrected chi connectivity index (χ4v) is 5.14. The SMILES string of the molecule is CSCC[C@@H](NC(=O)CCCSc1ccccc1)c1nc2ccccc2s1. The molecule has 2 aromatic carbocycles. The van der Waals surface area contributed by atoms with Crippen LogP contribution in [0.2, 0.25) is 0 Å². The minimum atomic E-state index is 0.00382. The summed E-state index contributed by atoms with van der Waals surface area (Å²) >= 11 is 5.29. The van der Waals surface area contributed by atoms with E-state index in [1.165, 1.54) is 9.60 Å². The van der Waals surface area contributed by atoms with E-state index in [0.29, 0.717) is 6.42 Å². The molecular weight excluding hydrogens is 392 g/mol. The van der Waals surface area contributed by atoms with Crippen LogP contribution in [0.5, 0.6) is 0 Å². The molecule has 0 saturated heterocycles. The van der Waals surface area contributed by atoms with Crippen LogP contribution in [-0.2, 0) is 4.79 Å². The van der Waals surface area contributed by atoms with Gasteiger partial charge in [-0.3, -0.25) is 4.79 Å². The number of nitrogens with one attached hydrogen (secondary N) is 1. The third-order valence-electron chi connectivity index (χ3n) is 4.11. The molecule has 142 valence electrons. The van der Waals surface area contributed by atoms with Crippen LogP contribution in [0, 0.1) is 0 Å². The van der Waals surface area contributed by atoms with Gasteiger partial charge in [0.05, 0.1) is 16.3 Å². The molecule has 0 saturated carbocycles. The van der Waals surface area contributed by atoms with Gasteiger partial charge in [-0.25, -0.2) is 4.98 Å². The van der Waals surface area contributed by atoms with Crippen LogP contribution in [0.4, 0.5) is 0 Å². The normalized spacial score (nSPS) is 12.2. The summed E-state index contributed by atoms with van der Waals surface area (Å²) in [6, 6.07) is 18.5. The molecule has 27 heavy (non-hydrogen) atoms. The van der Waals surface area contributed by atoms with Gasteiger partial charge in [0.15, 0.2) is 0 Å². The van der Waals surface area contributed by atoms with E-state index in [1.54, 1.807) is 34.9 Å². The largest absolute Gasteiger partial charge is 0.347 e. The fraction of sp³-hybridized carbons (Fsp3) is 0.333. The average Bonchev–Trinajstić information content (AvgIpc) is 3.13. The highest BCUT2D eigenvalue weighted by molar-refractivity contribution is 7.99. The van der Waals surface area contributed by atoms with Gasteiger partial charge in [-0.05, 0) is 54.9 Å². The minimum Gasteiger partial charge on any atom is -0.347 e. The summed E-state index contributed by atoms with van der Waals surface area (Å²) in [6.07, 6.45) is 4.44. The number of carbonyl (C=O) groups is 1. The molecule has 3 nitrogen and oxygen atoms in total.